The summed E-state index contributed by atoms with van der Waals surface area (Å²) in [4.78, 5) is 24.3. The van der Waals surface area contributed by atoms with Gasteiger partial charge in [-0.3, -0.25) is 9.89 Å². The third kappa shape index (κ3) is 4.12. The number of amides is 2. The van der Waals surface area contributed by atoms with Crippen LogP contribution in [0.25, 0.3) is 0 Å². The summed E-state index contributed by atoms with van der Waals surface area (Å²) >= 11 is 0. The number of fused-ring (bicyclic) bond motifs is 2. The van der Waals surface area contributed by atoms with Crippen LogP contribution in [-0.4, -0.2) is 34.3 Å². The lowest BCUT2D eigenvalue weighted by molar-refractivity contribution is -0.126. The standard InChI is InChI=1S/C20H30N4O3/c1-11(2)21-20(26)27-15-5-4-13(9-15)17-10-18(24-23-17)22-19(25)16-6-3-12-7-14(16)8-12/h10-16H,3-9H2,1-2H3,(H,21,26)(H2,22,23,24,25)/t12?,13-,14?,15+,16?/m0/s1. The maximum Gasteiger partial charge on any atom is 0.407 e. The van der Waals surface area contributed by atoms with Crippen LogP contribution in [0.15, 0.2) is 6.07 Å². The van der Waals surface area contributed by atoms with E-state index in [1.54, 1.807) is 0 Å². The molecule has 7 heteroatoms. The second-order valence-corrected chi connectivity index (χ2v) is 8.82. The number of aromatic nitrogens is 2. The Bertz CT molecular complexity index is 692. The molecule has 1 aromatic heterocycles. The van der Waals surface area contributed by atoms with Crippen LogP contribution in [0.1, 0.15) is 70.4 Å². The maximum atomic E-state index is 12.6. The SMILES string of the molecule is CC(C)NC(=O)O[C@@H]1CC[C@H](c2cc(NC(=O)C3CCC4CC3C4)n[nH]2)C1. The van der Waals surface area contributed by atoms with Gasteiger partial charge in [-0.25, -0.2) is 4.79 Å². The van der Waals surface area contributed by atoms with Gasteiger partial charge in [-0.15, -0.1) is 0 Å². The molecule has 4 aliphatic carbocycles. The fourth-order valence-corrected chi connectivity index (χ4v) is 4.93. The molecule has 0 aliphatic heterocycles. The molecule has 5 rings (SSSR count). The molecule has 1 aromatic rings. The van der Waals surface area contributed by atoms with Gasteiger partial charge in [0.1, 0.15) is 6.10 Å². The van der Waals surface area contributed by atoms with E-state index in [2.05, 4.69) is 20.8 Å². The lowest BCUT2D eigenvalue weighted by Gasteiger charge is -2.45. The lowest BCUT2D eigenvalue weighted by Crippen LogP contribution is -2.42. The lowest BCUT2D eigenvalue weighted by atomic mass is 9.60. The summed E-state index contributed by atoms with van der Waals surface area (Å²) in [5.41, 5.74) is 1.01. The number of carbonyl (C=O) groups is 2. The first-order valence-electron chi connectivity index (χ1n) is 10.3. The highest BCUT2D eigenvalue weighted by molar-refractivity contribution is 5.92. The molecule has 27 heavy (non-hydrogen) atoms. The van der Waals surface area contributed by atoms with E-state index in [0.29, 0.717) is 11.7 Å². The topological polar surface area (TPSA) is 96.1 Å². The van der Waals surface area contributed by atoms with Crippen molar-refractivity contribution in [2.24, 2.45) is 17.8 Å². The summed E-state index contributed by atoms with van der Waals surface area (Å²) in [5, 5.41) is 13.1. The molecule has 1 unspecified atom stereocenters. The molecule has 0 radical (unpaired) electrons. The van der Waals surface area contributed by atoms with Gasteiger partial charge in [0.2, 0.25) is 5.91 Å². The van der Waals surface area contributed by atoms with E-state index in [0.717, 1.165) is 37.3 Å². The van der Waals surface area contributed by atoms with E-state index in [1.807, 2.05) is 19.9 Å². The summed E-state index contributed by atoms with van der Waals surface area (Å²) in [6.07, 6.45) is 6.81. The van der Waals surface area contributed by atoms with Crippen molar-refractivity contribution in [2.75, 3.05) is 5.32 Å². The Balaban J connectivity index is 1.28. The molecular formula is C20H30N4O3. The zero-order valence-electron chi connectivity index (χ0n) is 16.2. The zero-order valence-corrected chi connectivity index (χ0v) is 16.2. The Kier molecular flexibility index (Phi) is 5.10. The molecule has 2 bridgehead atoms. The van der Waals surface area contributed by atoms with Gasteiger partial charge in [0.15, 0.2) is 5.82 Å². The quantitative estimate of drug-likeness (QED) is 0.734. The van der Waals surface area contributed by atoms with Gasteiger partial charge < -0.3 is 15.4 Å². The van der Waals surface area contributed by atoms with E-state index in [-0.39, 0.29) is 36.0 Å². The number of ether oxygens (including phenoxy) is 1. The summed E-state index contributed by atoms with van der Waals surface area (Å²) < 4.78 is 5.49. The fourth-order valence-electron chi connectivity index (χ4n) is 4.93. The van der Waals surface area contributed by atoms with Crippen LogP contribution in [0.3, 0.4) is 0 Å². The number of nitrogens with zero attached hydrogens (tertiary/aromatic N) is 1. The third-order valence-corrected chi connectivity index (χ3v) is 6.42. The van der Waals surface area contributed by atoms with Crippen LogP contribution >= 0.6 is 0 Å². The minimum absolute atomic E-state index is 0.0658. The first-order valence-corrected chi connectivity index (χ1v) is 10.3. The average molecular weight is 374 g/mol. The number of anilines is 1. The summed E-state index contributed by atoms with van der Waals surface area (Å²) in [7, 11) is 0. The molecule has 0 spiro atoms. The second-order valence-electron chi connectivity index (χ2n) is 8.82. The molecule has 148 valence electrons. The molecule has 0 aromatic carbocycles. The van der Waals surface area contributed by atoms with Gasteiger partial charge >= 0.3 is 6.09 Å². The summed E-state index contributed by atoms with van der Waals surface area (Å²) in [5.74, 6) is 2.61. The number of rotatable bonds is 5. The van der Waals surface area contributed by atoms with Crippen LogP contribution in [0.2, 0.25) is 0 Å². The molecule has 3 N–H and O–H groups in total. The minimum Gasteiger partial charge on any atom is -0.446 e. The van der Waals surface area contributed by atoms with E-state index in [9.17, 15) is 9.59 Å². The van der Waals surface area contributed by atoms with E-state index < -0.39 is 0 Å². The number of nitrogens with one attached hydrogen (secondary N) is 3. The highest BCUT2D eigenvalue weighted by Gasteiger charge is 2.43. The fraction of sp³-hybridized carbons (Fsp3) is 0.750. The number of aromatic amines is 1. The van der Waals surface area contributed by atoms with Crippen molar-refractivity contribution in [2.45, 2.75) is 76.9 Å². The van der Waals surface area contributed by atoms with Gasteiger partial charge in [0.05, 0.1) is 0 Å². The summed E-state index contributed by atoms with van der Waals surface area (Å²) in [6.45, 7) is 3.82. The largest absolute Gasteiger partial charge is 0.446 e. The third-order valence-electron chi connectivity index (χ3n) is 6.42. The highest BCUT2D eigenvalue weighted by atomic mass is 16.6. The molecule has 0 saturated heterocycles. The van der Waals surface area contributed by atoms with Crippen molar-refractivity contribution >= 4 is 17.8 Å². The van der Waals surface area contributed by atoms with Gasteiger partial charge in [-0.1, -0.05) is 0 Å². The Morgan fingerprint density at radius 2 is 2.00 bits per heavy atom. The van der Waals surface area contributed by atoms with Crippen molar-refractivity contribution in [1.29, 1.82) is 0 Å². The predicted molar refractivity (Wildman–Crippen MR) is 101 cm³/mol. The number of H-pyrrole nitrogens is 1. The number of hydrogen-bond donors (Lipinski definition) is 3. The molecule has 2 amide bonds. The molecule has 4 aliphatic rings. The predicted octanol–water partition coefficient (Wildman–Crippen LogP) is 3.56. The molecule has 4 saturated carbocycles. The monoisotopic (exact) mass is 374 g/mol. The molecular weight excluding hydrogens is 344 g/mol. The Morgan fingerprint density at radius 3 is 2.70 bits per heavy atom. The van der Waals surface area contributed by atoms with Crippen LogP contribution in [0, 0.1) is 17.8 Å². The molecule has 4 fully saturated rings. The van der Waals surface area contributed by atoms with Crippen molar-refractivity contribution in [1.82, 2.24) is 15.5 Å². The van der Waals surface area contributed by atoms with Gasteiger partial charge in [-0.05, 0) is 70.6 Å². The Morgan fingerprint density at radius 1 is 1.19 bits per heavy atom. The number of carbonyl (C=O) groups excluding carboxylic acids is 2. The van der Waals surface area contributed by atoms with Gasteiger partial charge in [-0.2, -0.15) is 5.10 Å². The first-order chi connectivity index (χ1) is 13.0. The van der Waals surface area contributed by atoms with E-state index in [4.69, 9.17) is 4.74 Å². The van der Waals surface area contributed by atoms with E-state index >= 15 is 0 Å². The van der Waals surface area contributed by atoms with Gasteiger partial charge in [0, 0.05) is 29.6 Å². The number of hydrogen-bond acceptors (Lipinski definition) is 4. The minimum atomic E-state index is -0.348. The summed E-state index contributed by atoms with van der Waals surface area (Å²) in [6, 6.07) is 2.01. The number of alkyl carbamates (subject to hydrolysis) is 1. The van der Waals surface area contributed by atoms with Crippen LogP contribution in [0.5, 0.6) is 0 Å². The Hall–Kier alpha value is -2.05. The van der Waals surface area contributed by atoms with Crippen molar-refractivity contribution in [3.63, 3.8) is 0 Å². The Labute approximate surface area is 160 Å². The highest BCUT2D eigenvalue weighted by Crippen LogP contribution is 2.49. The first kappa shape index (κ1) is 18.3. The normalized spacial score (nSPS) is 32.0. The second kappa shape index (κ2) is 7.52. The van der Waals surface area contributed by atoms with Crippen molar-refractivity contribution < 1.29 is 14.3 Å². The van der Waals surface area contributed by atoms with Crippen molar-refractivity contribution in [3.05, 3.63) is 11.8 Å². The van der Waals surface area contributed by atoms with Crippen LogP contribution < -0.4 is 10.6 Å². The van der Waals surface area contributed by atoms with Crippen molar-refractivity contribution in [3.8, 4) is 0 Å². The van der Waals surface area contributed by atoms with Crippen LogP contribution in [0.4, 0.5) is 10.6 Å². The maximum absolute atomic E-state index is 12.6. The van der Waals surface area contributed by atoms with Crippen LogP contribution in [-0.2, 0) is 9.53 Å². The van der Waals surface area contributed by atoms with E-state index in [1.165, 1.54) is 19.3 Å². The molecule has 3 atom stereocenters. The zero-order chi connectivity index (χ0) is 19.0. The molecule has 7 nitrogen and oxygen atoms in total. The van der Waals surface area contributed by atoms with Gasteiger partial charge in [0.25, 0.3) is 0 Å². The average Bonchev–Trinajstić information content (AvgIpc) is 3.22. The molecule has 1 heterocycles. The smallest absolute Gasteiger partial charge is 0.407 e.